The normalized spacial score (nSPS) is 15.7. The lowest BCUT2D eigenvalue weighted by Crippen LogP contribution is -2.44. The maximum Gasteiger partial charge on any atom is 0.433 e. The van der Waals surface area contributed by atoms with Crippen LogP contribution in [0.25, 0.3) is 21.8 Å². The maximum atomic E-state index is 13.6. The van der Waals surface area contributed by atoms with Crippen LogP contribution in [-0.2, 0) is 6.18 Å². The summed E-state index contributed by atoms with van der Waals surface area (Å²) in [5, 5.41) is 9.70. The van der Waals surface area contributed by atoms with E-state index in [0.29, 0.717) is 10.9 Å². The number of fused-ring (bicyclic) bond motifs is 3. The number of pyridine rings is 1. The minimum absolute atomic E-state index is 0.0228. The second-order valence-corrected chi connectivity index (χ2v) is 7.76. The monoisotopic (exact) mass is 426 g/mol. The number of aromatic nitrogens is 3. The number of H-pyrrole nitrogens is 1. The number of piperazine rings is 1. The van der Waals surface area contributed by atoms with Gasteiger partial charge in [-0.15, -0.1) is 0 Å². The molecule has 0 spiro atoms. The van der Waals surface area contributed by atoms with Crippen molar-refractivity contribution in [2.24, 2.45) is 0 Å². The van der Waals surface area contributed by atoms with E-state index < -0.39 is 11.9 Å². The molecule has 1 saturated heterocycles. The number of rotatable bonds is 3. The zero-order chi connectivity index (χ0) is 21.6. The molecule has 4 aromatic rings. The van der Waals surface area contributed by atoms with Gasteiger partial charge in [-0.2, -0.15) is 18.3 Å². The predicted molar refractivity (Wildman–Crippen MR) is 116 cm³/mol. The molecule has 9 heteroatoms. The highest BCUT2D eigenvalue weighted by molar-refractivity contribution is 6.10. The molecule has 0 saturated carbocycles. The number of nitrogens with one attached hydrogen (secondary N) is 2. The van der Waals surface area contributed by atoms with Crippen molar-refractivity contribution in [2.75, 3.05) is 43.4 Å². The lowest BCUT2D eigenvalue weighted by atomic mass is 10.1. The number of hydrogen-bond acceptors (Lipinski definition) is 5. The number of nitrogens with zero attached hydrogens (tertiary/aromatic N) is 4. The van der Waals surface area contributed by atoms with Crippen LogP contribution in [0.15, 0.2) is 48.5 Å². The second-order valence-electron chi connectivity index (χ2n) is 7.76. The van der Waals surface area contributed by atoms with Gasteiger partial charge in [0.1, 0.15) is 11.2 Å². The number of hydrogen-bond donors (Lipinski definition) is 2. The van der Waals surface area contributed by atoms with Crippen LogP contribution in [-0.4, -0.2) is 53.3 Å². The summed E-state index contributed by atoms with van der Waals surface area (Å²) < 4.78 is 40.7. The van der Waals surface area contributed by atoms with Gasteiger partial charge < -0.3 is 15.1 Å². The van der Waals surface area contributed by atoms with E-state index >= 15 is 0 Å². The fraction of sp³-hybridized carbons (Fsp3) is 0.273. The molecular formula is C22H21F3N6. The summed E-state index contributed by atoms with van der Waals surface area (Å²) in [6.07, 6.45) is -4.54. The second kappa shape index (κ2) is 7.42. The maximum absolute atomic E-state index is 13.6. The Kier molecular flexibility index (Phi) is 4.70. The number of benzene rings is 2. The van der Waals surface area contributed by atoms with Gasteiger partial charge in [0.05, 0.1) is 5.52 Å². The number of aromatic amines is 1. The third-order valence-electron chi connectivity index (χ3n) is 5.68. The Balaban J connectivity index is 1.51. The fourth-order valence-corrected chi connectivity index (χ4v) is 3.98. The first-order valence-corrected chi connectivity index (χ1v) is 10.0. The van der Waals surface area contributed by atoms with E-state index in [2.05, 4.69) is 37.3 Å². The Morgan fingerprint density at radius 1 is 0.968 bits per heavy atom. The molecule has 2 aromatic carbocycles. The van der Waals surface area contributed by atoms with Crippen LogP contribution >= 0.6 is 0 Å². The standard InChI is InChI=1S/C22H21F3N6/c1-30-10-12-31(13-11-30)15-8-6-14(7-9-15)26-21-19-18(20(29-28-19)22(23,24)25)16-4-2-3-5-17(16)27-21/h2-9H,10-13H2,1H3,(H,26,27)(H,28,29). The summed E-state index contributed by atoms with van der Waals surface area (Å²) in [5.74, 6) is 0.285. The van der Waals surface area contributed by atoms with E-state index in [1.807, 2.05) is 24.3 Å². The Bertz CT molecular complexity index is 1220. The van der Waals surface area contributed by atoms with Crippen molar-refractivity contribution >= 4 is 39.0 Å². The first-order chi connectivity index (χ1) is 14.9. The van der Waals surface area contributed by atoms with Crippen LogP contribution in [0.2, 0.25) is 0 Å². The summed E-state index contributed by atoms with van der Waals surface area (Å²) >= 11 is 0. The summed E-state index contributed by atoms with van der Waals surface area (Å²) in [5.41, 5.74) is 1.62. The molecule has 0 amide bonds. The van der Waals surface area contributed by atoms with Crippen molar-refractivity contribution in [1.29, 1.82) is 0 Å². The van der Waals surface area contributed by atoms with E-state index in [-0.39, 0.29) is 16.7 Å². The van der Waals surface area contributed by atoms with Gasteiger partial charge in [-0.25, -0.2) is 4.98 Å². The van der Waals surface area contributed by atoms with E-state index in [1.54, 1.807) is 24.3 Å². The molecule has 3 heterocycles. The number of anilines is 3. The number of alkyl halides is 3. The number of para-hydroxylation sites is 1. The van der Waals surface area contributed by atoms with Crippen molar-refractivity contribution < 1.29 is 13.2 Å². The molecule has 2 aromatic heterocycles. The van der Waals surface area contributed by atoms with E-state index in [0.717, 1.165) is 37.6 Å². The summed E-state index contributed by atoms with van der Waals surface area (Å²) in [6.45, 7) is 3.95. The highest BCUT2D eigenvalue weighted by Crippen LogP contribution is 2.39. The first-order valence-electron chi connectivity index (χ1n) is 10.0. The van der Waals surface area contributed by atoms with Crippen molar-refractivity contribution in [1.82, 2.24) is 20.1 Å². The lowest BCUT2D eigenvalue weighted by molar-refractivity contribution is -0.139. The third kappa shape index (κ3) is 3.65. The number of halogens is 3. The van der Waals surface area contributed by atoms with Gasteiger partial charge in [0, 0.05) is 48.3 Å². The molecule has 31 heavy (non-hydrogen) atoms. The quantitative estimate of drug-likeness (QED) is 0.500. The molecule has 0 unspecified atom stereocenters. The largest absolute Gasteiger partial charge is 0.433 e. The van der Waals surface area contributed by atoms with Gasteiger partial charge in [-0.3, -0.25) is 5.10 Å². The molecule has 0 atom stereocenters. The molecular weight excluding hydrogens is 405 g/mol. The van der Waals surface area contributed by atoms with Crippen LogP contribution < -0.4 is 10.2 Å². The Hall–Kier alpha value is -3.33. The Labute approximate surface area is 176 Å². The van der Waals surface area contributed by atoms with Gasteiger partial charge in [-0.05, 0) is 37.4 Å². The summed E-state index contributed by atoms with van der Waals surface area (Å²) in [7, 11) is 2.11. The van der Waals surface area contributed by atoms with Crippen molar-refractivity contribution in [3.05, 3.63) is 54.2 Å². The minimum Gasteiger partial charge on any atom is -0.369 e. The third-order valence-corrected chi connectivity index (χ3v) is 5.68. The zero-order valence-electron chi connectivity index (χ0n) is 16.9. The van der Waals surface area contributed by atoms with E-state index in [1.165, 1.54) is 0 Å². The van der Waals surface area contributed by atoms with Crippen molar-refractivity contribution in [2.45, 2.75) is 6.18 Å². The van der Waals surface area contributed by atoms with Crippen LogP contribution in [0.5, 0.6) is 0 Å². The van der Waals surface area contributed by atoms with Gasteiger partial charge in [0.25, 0.3) is 0 Å². The molecule has 1 aliphatic rings. The highest BCUT2D eigenvalue weighted by atomic mass is 19.4. The highest BCUT2D eigenvalue weighted by Gasteiger charge is 2.36. The van der Waals surface area contributed by atoms with Crippen molar-refractivity contribution in [3.8, 4) is 0 Å². The van der Waals surface area contributed by atoms with E-state index in [9.17, 15) is 13.2 Å². The smallest absolute Gasteiger partial charge is 0.369 e. The van der Waals surface area contributed by atoms with Gasteiger partial charge in [0.2, 0.25) is 0 Å². The molecule has 0 aliphatic carbocycles. The van der Waals surface area contributed by atoms with Crippen LogP contribution in [0.1, 0.15) is 5.69 Å². The Morgan fingerprint density at radius 3 is 2.39 bits per heavy atom. The molecule has 1 fully saturated rings. The summed E-state index contributed by atoms with van der Waals surface area (Å²) in [4.78, 5) is 9.15. The molecule has 2 N–H and O–H groups in total. The van der Waals surface area contributed by atoms with Crippen LogP contribution in [0.3, 0.4) is 0 Å². The fourth-order valence-electron chi connectivity index (χ4n) is 3.98. The average Bonchev–Trinajstić information content (AvgIpc) is 3.22. The molecule has 6 nitrogen and oxygen atoms in total. The van der Waals surface area contributed by atoms with Crippen LogP contribution in [0.4, 0.5) is 30.4 Å². The van der Waals surface area contributed by atoms with Gasteiger partial charge in [-0.1, -0.05) is 18.2 Å². The number of likely N-dealkylation sites (N-methyl/N-ethyl adjacent to an activating group) is 1. The van der Waals surface area contributed by atoms with Gasteiger partial charge in [0.15, 0.2) is 5.82 Å². The SMILES string of the molecule is CN1CCN(c2ccc(Nc3nc4ccccc4c4c(C(F)(F)F)[nH]nc34)cc2)CC1. The molecule has 1 aliphatic heterocycles. The Morgan fingerprint density at radius 2 is 1.68 bits per heavy atom. The van der Waals surface area contributed by atoms with E-state index in [4.69, 9.17) is 0 Å². The predicted octanol–water partition coefficient (Wildman–Crippen LogP) is 4.63. The van der Waals surface area contributed by atoms with Crippen molar-refractivity contribution in [3.63, 3.8) is 0 Å². The van der Waals surface area contributed by atoms with Gasteiger partial charge >= 0.3 is 6.18 Å². The zero-order valence-corrected chi connectivity index (χ0v) is 16.9. The van der Waals surface area contributed by atoms with Crippen LogP contribution in [0, 0.1) is 0 Å². The average molecular weight is 426 g/mol. The topological polar surface area (TPSA) is 60.1 Å². The minimum atomic E-state index is -4.54. The lowest BCUT2D eigenvalue weighted by Gasteiger charge is -2.34. The molecule has 5 rings (SSSR count). The summed E-state index contributed by atoms with van der Waals surface area (Å²) in [6, 6.07) is 14.6. The molecule has 0 radical (unpaired) electrons. The molecule has 160 valence electrons. The first kappa shape index (κ1) is 19.6. The molecule has 0 bridgehead atoms.